The van der Waals surface area contributed by atoms with Crippen LogP contribution < -0.4 is 16.2 Å². The summed E-state index contributed by atoms with van der Waals surface area (Å²) in [6.07, 6.45) is 7.41. The minimum Gasteiger partial charge on any atom is -0.334 e. The van der Waals surface area contributed by atoms with Crippen molar-refractivity contribution in [2.45, 2.75) is 38.4 Å². The molecule has 2 unspecified atom stereocenters. The summed E-state index contributed by atoms with van der Waals surface area (Å²) in [5.41, 5.74) is 9.24. The molecule has 1 aromatic heterocycles. The number of aromatic nitrogens is 2. The normalized spacial score (nSPS) is 20.4. The standard InChI is InChI=1S/C17H21N5O/c1-2-3-12-4-6-13(7-5-12)14-10-16(22-21-14)20-17(23)15-11-18-8-9-19-15/h4-9,11,14,16,21-22H,2-3,10H2,1H3,(H,20,23). The van der Waals surface area contributed by atoms with Crippen molar-refractivity contribution in [3.8, 4) is 0 Å². The van der Waals surface area contributed by atoms with Crippen LogP contribution >= 0.6 is 0 Å². The molecule has 1 aliphatic rings. The second-order valence-corrected chi connectivity index (χ2v) is 5.69. The highest BCUT2D eigenvalue weighted by atomic mass is 16.2. The van der Waals surface area contributed by atoms with Gasteiger partial charge in [0.15, 0.2) is 0 Å². The van der Waals surface area contributed by atoms with E-state index in [1.165, 1.54) is 23.5 Å². The maximum Gasteiger partial charge on any atom is 0.272 e. The van der Waals surface area contributed by atoms with Gasteiger partial charge in [0, 0.05) is 24.9 Å². The summed E-state index contributed by atoms with van der Waals surface area (Å²) in [7, 11) is 0. The molecule has 1 aromatic carbocycles. The minimum absolute atomic E-state index is 0.134. The number of nitrogens with one attached hydrogen (secondary N) is 3. The van der Waals surface area contributed by atoms with Gasteiger partial charge in [-0.25, -0.2) is 15.8 Å². The predicted octanol–water partition coefficient (Wildman–Crippen LogP) is 1.72. The molecule has 23 heavy (non-hydrogen) atoms. The van der Waals surface area contributed by atoms with Gasteiger partial charge in [0.2, 0.25) is 0 Å². The zero-order valence-electron chi connectivity index (χ0n) is 13.1. The van der Waals surface area contributed by atoms with Crippen LogP contribution in [0.2, 0.25) is 0 Å². The highest BCUT2D eigenvalue weighted by molar-refractivity contribution is 5.92. The Hall–Kier alpha value is -2.31. The van der Waals surface area contributed by atoms with Crippen molar-refractivity contribution in [1.82, 2.24) is 26.1 Å². The molecule has 1 amide bonds. The second kappa shape index (κ2) is 7.30. The monoisotopic (exact) mass is 311 g/mol. The van der Waals surface area contributed by atoms with E-state index in [0.29, 0.717) is 5.69 Å². The Labute approximate surface area is 135 Å². The fourth-order valence-corrected chi connectivity index (χ4v) is 2.72. The first-order valence-electron chi connectivity index (χ1n) is 7.93. The van der Waals surface area contributed by atoms with Crippen LogP contribution in [0.25, 0.3) is 0 Å². The number of benzene rings is 1. The predicted molar refractivity (Wildman–Crippen MR) is 87.4 cm³/mol. The van der Waals surface area contributed by atoms with Crippen LogP contribution in [0.4, 0.5) is 0 Å². The molecule has 1 saturated heterocycles. The smallest absolute Gasteiger partial charge is 0.272 e. The van der Waals surface area contributed by atoms with Gasteiger partial charge in [-0.3, -0.25) is 9.78 Å². The summed E-state index contributed by atoms with van der Waals surface area (Å²) in [6.45, 7) is 2.18. The van der Waals surface area contributed by atoms with Gasteiger partial charge in [0.05, 0.1) is 12.4 Å². The van der Waals surface area contributed by atoms with Crippen molar-refractivity contribution in [3.63, 3.8) is 0 Å². The van der Waals surface area contributed by atoms with Gasteiger partial charge in [0.25, 0.3) is 5.91 Å². The van der Waals surface area contributed by atoms with Crippen LogP contribution in [0.1, 0.15) is 47.4 Å². The summed E-state index contributed by atoms with van der Waals surface area (Å²) in [5, 5.41) is 2.91. The number of nitrogens with zero attached hydrogens (tertiary/aromatic N) is 2. The lowest BCUT2D eigenvalue weighted by Crippen LogP contribution is -2.44. The third kappa shape index (κ3) is 3.91. The Morgan fingerprint density at radius 3 is 2.78 bits per heavy atom. The Morgan fingerprint density at radius 2 is 2.09 bits per heavy atom. The summed E-state index contributed by atoms with van der Waals surface area (Å²) >= 11 is 0. The SMILES string of the molecule is CCCc1ccc(C2CC(NC(=O)c3cnccn3)NN2)cc1. The van der Waals surface area contributed by atoms with E-state index in [4.69, 9.17) is 0 Å². The van der Waals surface area contributed by atoms with Gasteiger partial charge in [-0.2, -0.15) is 0 Å². The quantitative estimate of drug-likeness (QED) is 0.783. The van der Waals surface area contributed by atoms with Crippen molar-refractivity contribution in [1.29, 1.82) is 0 Å². The molecule has 6 nitrogen and oxygen atoms in total. The molecule has 3 rings (SSSR count). The van der Waals surface area contributed by atoms with Gasteiger partial charge in [-0.1, -0.05) is 37.6 Å². The van der Waals surface area contributed by atoms with Crippen LogP contribution in [0.5, 0.6) is 0 Å². The van der Waals surface area contributed by atoms with Crippen molar-refractivity contribution in [2.24, 2.45) is 0 Å². The number of hydrazine groups is 1. The third-order valence-corrected chi connectivity index (χ3v) is 3.93. The van der Waals surface area contributed by atoms with Crippen molar-refractivity contribution < 1.29 is 4.79 Å². The molecule has 0 spiro atoms. The second-order valence-electron chi connectivity index (χ2n) is 5.69. The lowest BCUT2D eigenvalue weighted by Gasteiger charge is -2.12. The first kappa shape index (κ1) is 15.6. The first-order valence-corrected chi connectivity index (χ1v) is 7.93. The topological polar surface area (TPSA) is 78.9 Å². The van der Waals surface area contributed by atoms with Gasteiger partial charge in [-0.05, 0) is 17.5 Å². The number of amides is 1. The highest BCUT2D eigenvalue weighted by Gasteiger charge is 2.26. The molecule has 120 valence electrons. The maximum atomic E-state index is 12.1. The Balaban J connectivity index is 1.57. The molecular weight excluding hydrogens is 290 g/mol. The lowest BCUT2D eigenvalue weighted by atomic mass is 10.0. The molecule has 3 N–H and O–H groups in total. The number of aryl methyl sites for hydroxylation is 1. The molecular formula is C17H21N5O. The molecule has 0 saturated carbocycles. The van der Waals surface area contributed by atoms with Crippen LogP contribution in [0.15, 0.2) is 42.9 Å². The van der Waals surface area contributed by atoms with E-state index in [0.717, 1.165) is 19.3 Å². The molecule has 6 heteroatoms. The number of carbonyl (C=O) groups is 1. The first-order chi connectivity index (χ1) is 11.3. The van der Waals surface area contributed by atoms with Crippen LogP contribution in [-0.2, 0) is 6.42 Å². The molecule has 0 aliphatic carbocycles. The van der Waals surface area contributed by atoms with Crippen LogP contribution in [0, 0.1) is 0 Å². The van der Waals surface area contributed by atoms with E-state index in [9.17, 15) is 4.79 Å². The van der Waals surface area contributed by atoms with Crippen molar-refractivity contribution in [2.75, 3.05) is 0 Å². The largest absolute Gasteiger partial charge is 0.334 e. The number of rotatable bonds is 5. The van der Waals surface area contributed by atoms with Crippen LogP contribution in [0.3, 0.4) is 0 Å². The summed E-state index contributed by atoms with van der Waals surface area (Å²) in [6, 6.07) is 8.82. The molecule has 0 radical (unpaired) electrons. The minimum atomic E-state index is -0.226. The molecule has 2 aromatic rings. The van der Waals surface area contributed by atoms with E-state index < -0.39 is 0 Å². The Morgan fingerprint density at radius 1 is 1.26 bits per heavy atom. The van der Waals surface area contributed by atoms with Crippen LogP contribution in [-0.4, -0.2) is 22.0 Å². The number of carbonyl (C=O) groups excluding carboxylic acids is 1. The Bertz CT molecular complexity index is 644. The van der Waals surface area contributed by atoms with E-state index in [1.54, 1.807) is 6.20 Å². The number of hydrogen-bond donors (Lipinski definition) is 3. The van der Waals surface area contributed by atoms with E-state index in [-0.39, 0.29) is 18.1 Å². The van der Waals surface area contributed by atoms with Crippen molar-refractivity contribution >= 4 is 5.91 Å². The fraction of sp³-hybridized carbons (Fsp3) is 0.353. The summed E-state index contributed by atoms with van der Waals surface area (Å²) in [4.78, 5) is 20.0. The molecule has 1 fully saturated rings. The Kier molecular flexibility index (Phi) is 4.95. The zero-order chi connectivity index (χ0) is 16.1. The van der Waals surface area contributed by atoms with Gasteiger partial charge < -0.3 is 5.32 Å². The maximum absolute atomic E-state index is 12.1. The average Bonchev–Trinajstić information content (AvgIpc) is 3.05. The number of hydrogen-bond acceptors (Lipinski definition) is 5. The fourth-order valence-electron chi connectivity index (χ4n) is 2.72. The van der Waals surface area contributed by atoms with E-state index >= 15 is 0 Å². The average molecular weight is 311 g/mol. The van der Waals surface area contributed by atoms with E-state index in [2.05, 4.69) is 57.3 Å². The third-order valence-electron chi connectivity index (χ3n) is 3.93. The van der Waals surface area contributed by atoms with Crippen molar-refractivity contribution in [3.05, 3.63) is 59.7 Å². The van der Waals surface area contributed by atoms with E-state index in [1.807, 2.05) is 0 Å². The highest BCUT2D eigenvalue weighted by Crippen LogP contribution is 2.22. The molecule has 1 aliphatic heterocycles. The van der Waals surface area contributed by atoms with Gasteiger partial charge in [-0.15, -0.1) is 0 Å². The summed E-state index contributed by atoms with van der Waals surface area (Å²) < 4.78 is 0. The molecule has 2 atom stereocenters. The molecule has 2 heterocycles. The zero-order valence-corrected chi connectivity index (χ0v) is 13.1. The summed E-state index contributed by atoms with van der Waals surface area (Å²) in [5.74, 6) is -0.226. The van der Waals surface area contributed by atoms with Gasteiger partial charge >= 0.3 is 0 Å². The lowest BCUT2D eigenvalue weighted by molar-refractivity contribution is 0.0927. The van der Waals surface area contributed by atoms with Gasteiger partial charge in [0.1, 0.15) is 5.69 Å². The molecule has 0 bridgehead atoms.